The van der Waals surface area contributed by atoms with Gasteiger partial charge < -0.3 is 0 Å². The number of rotatable bonds is 2. The number of aromatic nitrogens is 1. The maximum absolute atomic E-state index is 12.9. The summed E-state index contributed by atoms with van der Waals surface area (Å²) in [5.41, 5.74) is 2.02. The molecule has 1 aliphatic heterocycles. The molecular weight excluding hydrogens is 344 g/mol. The number of likely N-dealkylation sites (N-methyl/N-ethyl adjacent to an activating group) is 1. The Bertz CT molecular complexity index is 830. The summed E-state index contributed by atoms with van der Waals surface area (Å²) in [6, 6.07) is 7.60. The first-order valence-electron chi connectivity index (χ1n) is 8.08. The largest absolute Gasteiger partial charge is 0.282 e. The van der Waals surface area contributed by atoms with E-state index in [4.69, 9.17) is 11.6 Å². The smallest absolute Gasteiger partial charge is 0.238 e. The lowest BCUT2D eigenvalue weighted by molar-refractivity contribution is -0.139. The van der Waals surface area contributed by atoms with Crippen LogP contribution in [0.5, 0.6) is 0 Å². The second kappa shape index (κ2) is 5.67. The van der Waals surface area contributed by atoms with Crippen molar-refractivity contribution in [3.63, 3.8) is 0 Å². The van der Waals surface area contributed by atoms with Crippen molar-refractivity contribution in [2.24, 2.45) is 5.92 Å². The normalized spacial score (nSPS) is 25.8. The number of aryl methyl sites for hydroxylation is 1. The van der Waals surface area contributed by atoms with Crippen molar-refractivity contribution >= 4 is 34.8 Å². The number of carbonyl (C=O) groups is 2. The third kappa shape index (κ3) is 2.22. The van der Waals surface area contributed by atoms with Crippen molar-refractivity contribution in [3.8, 4) is 0 Å². The van der Waals surface area contributed by atoms with Crippen LogP contribution in [0.15, 0.2) is 24.3 Å². The van der Waals surface area contributed by atoms with Gasteiger partial charge in [0.1, 0.15) is 0 Å². The number of hydrogen-bond acceptors (Lipinski definition) is 4. The molecule has 0 bridgehead atoms. The highest BCUT2D eigenvalue weighted by Gasteiger charge is 2.55. The van der Waals surface area contributed by atoms with Gasteiger partial charge in [-0.25, -0.2) is 4.98 Å². The molecule has 124 valence electrons. The SMILES string of the molecule is CCN1C(=O)[C@@H]2[C@H](C1=O)c1sc(C)nc1C[C@H]2c1ccc(Cl)cc1. The van der Waals surface area contributed by atoms with Crippen LogP contribution in [-0.4, -0.2) is 28.2 Å². The molecule has 1 aromatic heterocycles. The molecule has 1 fully saturated rings. The highest BCUT2D eigenvalue weighted by atomic mass is 35.5. The molecule has 2 amide bonds. The fourth-order valence-electron chi connectivity index (χ4n) is 3.99. The Labute approximate surface area is 149 Å². The van der Waals surface area contributed by atoms with Gasteiger partial charge in [-0.3, -0.25) is 14.5 Å². The van der Waals surface area contributed by atoms with Crippen LogP contribution in [0.4, 0.5) is 0 Å². The molecule has 0 radical (unpaired) electrons. The number of fused-ring (bicyclic) bond motifs is 3. The van der Waals surface area contributed by atoms with Crippen molar-refractivity contribution in [3.05, 3.63) is 50.4 Å². The van der Waals surface area contributed by atoms with Gasteiger partial charge in [0.15, 0.2) is 0 Å². The molecule has 0 saturated carbocycles. The summed E-state index contributed by atoms with van der Waals surface area (Å²) in [6.07, 6.45) is 0.693. The second-order valence-corrected chi connectivity index (χ2v) is 8.00. The molecule has 2 aliphatic rings. The van der Waals surface area contributed by atoms with E-state index in [1.165, 1.54) is 4.90 Å². The third-order valence-corrected chi connectivity index (χ3v) is 6.37. The molecule has 0 N–H and O–H groups in total. The first kappa shape index (κ1) is 15.8. The molecular formula is C18H17ClN2O2S. The summed E-state index contributed by atoms with van der Waals surface area (Å²) < 4.78 is 0. The third-order valence-electron chi connectivity index (χ3n) is 5.02. The predicted molar refractivity (Wildman–Crippen MR) is 93.4 cm³/mol. The topological polar surface area (TPSA) is 50.3 Å². The van der Waals surface area contributed by atoms with Crippen LogP contribution in [0.1, 0.15) is 39.9 Å². The van der Waals surface area contributed by atoms with Crippen LogP contribution in [-0.2, 0) is 16.0 Å². The standard InChI is InChI=1S/C18H17ClN2O2S/c1-3-21-17(22)14-12(10-4-6-11(19)7-5-10)8-13-16(15(14)18(21)23)24-9(2)20-13/h4-7,12,14-15H,3,8H2,1-2H3/t12-,14-,15-/m0/s1. The Morgan fingerprint density at radius 3 is 2.62 bits per heavy atom. The van der Waals surface area contributed by atoms with Crippen molar-refractivity contribution in [2.45, 2.75) is 32.1 Å². The first-order valence-corrected chi connectivity index (χ1v) is 9.27. The van der Waals surface area contributed by atoms with E-state index in [9.17, 15) is 9.59 Å². The van der Waals surface area contributed by atoms with Crippen LogP contribution in [0.25, 0.3) is 0 Å². The lowest BCUT2D eigenvalue weighted by Crippen LogP contribution is -2.32. The molecule has 1 aromatic carbocycles. The molecule has 3 atom stereocenters. The number of imide groups is 1. The van der Waals surface area contributed by atoms with E-state index in [0.29, 0.717) is 18.0 Å². The Morgan fingerprint density at radius 1 is 1.25 bits per heavy atom. The lowest BCUT2D eigenvalue weighted by Gasteiger charge is -2.30. The molecule has 1 aliphatic carbocycles. The van der Waals surface area contributed by atoms with Crippen molar-refractivity contribution in [1.29, 1.82) is 0 Å². The minimum absolute atomic E-state index is 0.0331. The maximum atomic E-state index is 12.9. The van der Waals surface area contributed by atoms with E-state index in [1.54, 1.807) is 11.3 Å². The minimum atomic E-state index is -0.381. The van der Waals surface area contributed by atoms with Crippen molar-refractivity contribution < 1.29 is 9.59 Å². The Kier molecular flexibility index (Phi) is 3.73. The van der Waals surface area contributed by atoms with Crippen LogP contribution in [0.3, 0.4) is 0 Å². The van der Waals surface area contributed by atoms with E-state index in [-0.39, 0.29) is 29.6 Å². The van der Waals surface area contributed by atoms with E-state index in [0.717, 1.165) is 21.1 Å². The highest BCUT2D eigenvalue weighted by molar-refractivity contribution is 7.12. The van der Waals surface area contributed by atoms with Gasteiger partial charge in [0.25, 0.3) is 0 Å². The van der Waals surface area contributed by atoms with Gasteiger partial charge in [-0.15, -0.1) is 11.3 Å². The fraction of sp³-hybridized carbons (Fsp3) is 0.389. The molecule has 1 saturated heterocycles. The molecule has 2 aromatic rings. The van der Waals surface area contributed by atoms with Gasteiger partial charge in [0, 0.05) is 22.4 Å². The number of thiazole rings is 1. The molecule has 4 rings (SSSR count). The van der Waals surface area contributed by atoms with Crippen LogP contribution in [0, 0.1) is 12.8 Å². The summed E-state index contributed by atoms with van der Waals surface area (Å²) in [6.45, 7) is 4.22. The van der Waals surface area contributed by atoms with Crippen molar-refractivity contribution in [1.82, 2.24) is 9.88 Å². The zero-order valence-electron chi connectivity index (χ0n) is 13.5. The predicted octanol–water partition coefficient (Wildman–Crippen LogP) is 3.53. The number of halogens is 1. The number of likely N-dealkylation sites (tertiary alicyclic amines) is 1. The molecule has 2 heterocycles. The maximum Gasteiger partial charge on any atom is 0.238 e. The summed E-state index contributed by atoms with van der Waals surface area (Å²) in [5, 5.41) is 1.62. The zero-order chi connectivity index (χ0) is 17.0. The summed E-state index contributed by atoms with van der Waals surface area (Å²) in [5.74, 6) is -0.867. The Balaban J connectivity index is 1.86. The van der Waals surface area contributed by atoms with Gasteiger partial charge in [-0.05, 0) is 38.0 Å². The van der Waals surface area contributed by atoms with Gasteiger partial charge in [0.05, 0.1) is 22.5 Å². The highest BCUT2D eigenvalue weighted by Crippen LogP contribution is 2.51. The van der Waals surface area contributed by atoms with E-state index in [1.807, 2.05) is 38.1 Å². The number of benzene rings is 1. The van der Waals surface area contributed by atoms with Gasteiger partial charge >= 0.3 is 0 Å². The summed E-state index contributed by atoms with van der Waals surface area (Å²) in [7, 11) is 0. The summed E-state index contributed by atoms with van der Waals surface area (Å²) >= 11 is 7.56. The first-order chi connectivity index (χ1) is 11.5. The van der Waals surface area contributed by atoms with Crippen LogP contribution >= 0.6 is 22.9 Å². The Hall–Kier alpha value is -1.72. The zero-order valence-corrected chi connectivity index (χ0v) is 15.0. The molecule has 0 unspecified atom stereocenters. The van der Waals surface area contributed by atoms with Crippen LogP contribution in [0.2, 0.25) is 5.02 Å². The molecule has 0 spiro atoms. The van der Waals surface area contributed by atoms with Gasteiger partial charge in [-0.1, -0.05) is 23.7 Å². The number of nitrogens with zero attached hydrogens (tertiary/aromatic N) is 2. The van der Waals surface area contributed by atoms with Gasteiger partial charge in [-0.2, -0.15) is 0 Å². The van der Waals surface area contributed by atoms with Gasteiger partial charge in [0.2, 0.25) is 11.8 Å². The number of hydrogen-bond donors (Lipinski definition) is 0. The molecule has 4 nitrogen and oxygen atoms in total. The fourth-order valence-corrected chi connectivity index (χ4v) is 5.21. The number of amides is 2. The minimum Gasteiger partial charge on any atom is -0.282 e. The average Bonchev–Trinajstić information content (AvgIpc) is 3.04. The average molecular weight is 361 g/mol. The van der Waals surface area contributed by atoms with E-state index in [2.05, 4.69) is 4.98 Å². The van der Waals surface area contributed by atoms with Crippen LogP contribution < -0.4 is 0 Å². The quantitative estimate of drug-likeness (QED) is 0.770. The number of carbonyl (C=O) groups excluding carboxylic acids is 2. The molecule has 6 heteroatoms. The Morgan fingerprint density at radius 2 is 1.96 bits per heavy atom. The van der Waals surface area contributed by atoms with E-state index >= 15 is 0 Å². The monoisotopic (exact) mass is 360 g/mol. The summed E-state index contributed by atoms with van der Waals surface area (Å²) in [4.78, 5) is 32.8. The van der Waals surface area contributed by atoms with E-state index < -0.39 is 0 Å². The molecule has 24 heavy (non-hydrogen) atoms. The van der Waals surface area contributed by atoms with Crippen molar-refractivity contribution in [2.75, 3.05) is 6.54 Å². The second-order valence-electron chi connectivity index (χ2n) is 6.33. The lowest BCUT2D eigenvalue weighted by atomic mass is 9.72.